The molecule has 0 aromatic heterocycles. The Labute approximate surface area is 221 Å². The second-order valence-corrected chi connectivity index (χ2v) is 12.7. The quantitative estimate of drug-likeness (QED) is 0.453. The summed E-state index contributed by atoms with van der Waals surface area (Å²) in [5, 5.41) is 0. The van der Waals surface area contributed by atoms with Crippen molar-refractivity contribution in [1.29, 1.82) is 0 Å². The number of anilines is 1. The molecule has 0 spiro atoms. The van der Waals surface area contributed by atoms with Crippen LogP contribution in [0.4, 0.5) is 10.5 Å². The Morgan fingerprint density at radius 1 is 0.921 bits per heavy atom. The Kier molecular flexibility index (Phi) is 4.98. The summed E-state index contributed by atoms with van der Waals surface area (Å²) >= 11 is 0. The average Bonchev–Trinajstić information content (AvgIpc) is 3.20. The first-order chi connectivity index (χ1) is 17.9. The van der Waals surface area contributed by atoms with E-state index in [-0.39, 0.29) is 4.90 Å². The Hall–Kier alpha value is -3.69. The van der Waals surface area contributed by atoms with Crippen molar-refractivity contribution in [2.45, 2.75) is 55.3 Å². The van der Waals surface area contributed by atoms with E-state index in [2.05, 4.69) is 0 Å². The zero-order valence-electron chi connectivity index (χ0n) is 21.8. The molecular weight excluding hydrogens is 504 g/mol. The monoisotopic (exact) mass is 532 g/mol. The fraction of sp³-hybridized carbons (Fsp3) is 0.310. The molecule has 8 nitrogen and oxygen atoms in total. The highest BCUT2D eigenvalue weighted by molar-refractivity contribution is 7.89. The standard InChI is InChI=1S/C29H28N2O6S/c1-18-15-16-23-21(17-18)29(25(32)36-5)28(19-11-7-6-8-12-19)20-13-9-10-14-22(20)30(26(33)37-27(2,3)4)24(28)31(29)38(23,34)35/h6-17,24H,1-5H3/t24?,28?,29-/m0/s1. The van der Waals surface area contributed by atoms with Gasteiger partial charge in [0.05, 0.1) is 23.1 Å². The smallest absolute Gasteiger partial charge is 0.416 e. The van der Waals surface area contributed by atoms with Gasteiger partial charge in [-0.2, -0.15) is 4.31 Å². The molecule has 3 atom stereocenters. The molecule has 0 bridgehead atoms. The van der Waals surface area contributed by atoms with E-state index in [1.165, 1.54) is 18.1 Å². The molecule has 3 aromatic carbocycles. The molecule has 2 unspecified atom stereocenters. The van der Waals surface area contributed by atoms with Gasteiger partial charge in [-0.3, -0.25) is 4.90 Å². The molecular formula is C29H28N2O6S. The van der Waals surface area contributed by atoms with Gasteiger partial charge in [-0.15, -0.1) is 0 Å². The number of hydrogen-bond acceptors (Lipinski definition) is 6. The van der Waals surface area contributed by atoms with Gasteiger partial charge >= 0.3 is 12.1 Å². The maximum atomic E-state index is 14.2. The first-order valence-corrected chi connectivity index (χ1v) is 13.8. The molecule has 9 heteroatoms. The lowest BCUT2D eigenvalue weighted by Gasteiger charge is -2.63. The minimum atomic E-state index is -4.22. The maximum Gasteiger partial charge on any atom is 0.416 e. The number of carbonyl (C=O) groups excluding carboxylic acids is 2. The van der Waals surface area contributed by atoms with E-state index < -0.39 is 44.8 Å². The van der Waals surface area contributed by atoms with Crippen LogP contribution in [0, 0.1) is 6.92 Å². The fourth-order valence-electron chi connectivity index (χ4n) is 6.57. The van der Waals surface area contributed by atoms with E-state index in [0.29, 0.717) is 22.4 Å². The molecule has 1 saturated heterocycles. The van der Waals surface area contributed by atoms with E-state index in [1.807, 2.05) is 49.4 Å². The Balaban J connectivity index is 1.78. The number of ether oxygens (including phenoxy) is 2. The van der Waals surface area contributed by atoms with Crippen LogP contribution in [0.3, 0.4) is 0 Å². The third-order valence-corrected chi connectivity index (χ3v) is 9.61. The predicted molar refractivity (Wildman–Crippen MR) is 140 cm³/mol. The Bertz CT molecular complexity index is 1610. The number of methoxy groups -OCH3 is 1. The molecule has 6 rings (SSSR count). The number of benzene rings is 3. The number of esters is 1. The van der Waals surface area contributed by atoms with Crippen LogP contribution in [-0.2, 0) is 35.2 Å². The summed E-state index contributed by atoms with van der Waals surface area (Å²) in [6.45, 7) is 7.10. The summed E-state index contributed by atoms with van der Waals surface area (Å²) < 4.78 is 40.9. The van der Waals surface area contributed by atoms with Crippen LogP contribution in [0.15, 0.2) is 77.7 Å². The number of hydrogen-bond donors (Lipinski definition) is 0. The first-order valence-electron chi connectivity index (χ1n) is 12.4. The minimum absolute atomic E-state index is 0.0276. The summed E-state index contributed by atoms with van der Waals surface area (Å²) in [5.41, 5.74) is -0.962. The van der Waals surface area contributed by atoms with Crippen LogP contribution in [0.1, 0.15) is 43.0 Å². The lowest BCUT2D eigenvalue weighted by Crippen LogP contribution is -2.84. The third-order valence-electron chi connectivity index (χ3n) is 7.71. The number of amides is 1. The fourth-order valence-corrected chi connectivity index (χ4v) is 8.70. The van der Waals surface area contributed by atoms with Crippen molar-refractivity contribution in [1.82, 2.24) is 4.31 Å². The van der Waals surface area contributed by atoms with Gasteiger partial charge in [-0.1, -0.05) is 66.2 Å². The summed E-state index contributed by atoms with van der Waals surface area (Å²) in [6.07, 6.45) is -1.80. The van der Waals surface area contributed by atoms with E-state index >= 15 is 0 Å². The second-order valence-electron chi connectivity index (χ2n) is 10.9. The largest absolute Gasteiger partial charge is 0.467 e. The van der Waals surface area contributed by atoms with Gasteiger partial charge in [0.15, 0.2) is 5.54 Å². The molecule has 3 aliphatic rings. The first kappa shape index (κ1) is 24.6. The van der Waals surface area contributed by atoms with E-state index in [0.717, 1.165) is 9.87 Å². The number of sulfonamides is 1. The highest BCUT2D eigenvalue weighted by Crippen LogP contribution is 2.73. The zero-order chi connectivity index (χ0) is 27.3. The van der Waals surface area contributed by atoms with Crippen molar-refractivity contribution < 1.29 is 27.5 Å². The van der Waals surface area contributed by atoms with Crippen LogP contribution in [0.5, 0.6) is 0 Å². The van der Waals surface area contributed by atoms with Gasteiger partial charge < -0.3 is 9.47 Å². The maximum absolute atomic E-state index is 14.2. The number of para-hydroxylation sites is 1. The van der Waals surface area contributed by atoms with Crippen molar-refractivity contribution >= 4 is 27.8 Å². The molecule has 3 aliphatic heterocycles. The molecule has 196 valence electrons. The Morgan fingerprint density at radius 2 is 1.58 bits per heavy atom. The lowest BCUT2D eigenvalue weighted by molar-refractivity contribution is -0.175. The zero-order valence-corrected chi connectivity index (χ0v) is 22.6. The lowest BCUT2D eigenvalue weighted by atomic mass is 9.52. The van der Waals surface area contributed by atoms with Crippen molar-refractivity contribution in [2.75, 3.05) is 12.0 Å². The van der Waals surface area contributed by atoms with Crippen molar-refractivity contribution in [3.05, 3.63) is 95.1 Å². The minimum Gasteiger partial charge on any atom is -0.467 e. The number of fused-ring (bicyclic) bond motifs is 8. The van der Waals surface area contributed by atoms with Gasteiger partial charge in [0.25, 0.3) is 0 Å². The van der Waals surface area contributed by atoms with Crippen molar-refractivity contribution in [3.8, 4) is 0 Å². The molecule has 3 heterocycles. The van der Waals surface area contributed by atoms with Crippen molar-refractivity contribution in [2.24, 2.45) is 0 Å². The molecule has 0 aliphatic carbocycles. The highest BCUT2D eigenvalue weighted by atomic mass is 32.2. The van der Waals surface area contributed by atoms with Crippen LogP contribution < -0.4 is 4.90 Å². The second kappa shape index (κ2) is 7.68. The summed E-state index contributed by atoms with van der Waals surface area (Å²) in [5.74, 6) is -0.716. The Morgan fingerprint density at radius 3 is 2.24 bits per heavy atom. The third kappa shape index (κ3) is 2.70. The molecule has 0 N–H and O–H groups in total. The number of nitrogens with zero attached hydrogens (tertiary/aromatic N) is 2. The number of aryl methyl sites for hydroxylation is 1. The summed E-state index contributed by atoms with van der Waals surface area (Å²) in [6, 6.07) is 21.5. The van der Waals surface area contributed by atoms with E-state index in [4.69, 9.17) is 9.47 Å². The summed E-state index contributed by atoms with van der Waals surface area (Å²) in [4.78, 5) is 29.4. The summed E-state index contributed by atoms with van der Waals surface area (Å²) in [7, 11) is -2.96. The van der Waals surface area contributed by atoms with Crippen molar-refractivity contribution in [3.63, 3.8) is 0 Å². The topological polar surface area (TPSA) is 93.2 Å². The van der Waals surface area contributed by atoms with Crippen LogP contribution in [0.2, 0.25) is 0 Å². The van der Waals surface area contributed by atoms with Gasteiger partial charge in [-0.05, 0) is 51.0 Å². The normalized spacial score (nSPS) is 26.4. The van der Waals surface area contributed by atoms with Gasteiger partial charge in [-0.25, -0.2) is 18.0 Å². The number of rotatable bonds is 2. The molecule has 0 radical (unpaired) electrons. The SMILES string of the molecule is COC(=O)[C@]12c3cc(C)ccc3S(=O)(=O)N1C1N(C(=O)OC(C)(C)C)c3ccccc3C12c1ccccc1. The molecule has 0 saturated carbocycles. The van der Waals surface area contributed by atoms with E-state index in [9.17, 15) is 18.0 Å². The number of carbonyl (C=O) groups is 2. The molecule has 1 amide bonds. The van der Waals surface area contributed by atoms with Crippen LogP contribution >= 0.6 is 0 Å². The average molecular weight is 533 g/mol. The van der Waals surface area contributed by atoms with Gasteiger partial charge in [0, 0.05) is 5.56 Å². The van der Waals surface area contributed by atoms with Crippen LogP contribution in [-0.4, -0.2) is 43.7 Å². The van der Waals surface area contributed by atoms with Gasteiger partial charge in [0.1, 0.15) is 11.8 Å². The predicted octanol–water partition coefficient (Wildman–Crippen LogP) is 4.45. The molecule has 38 heavy (non-hydrogen) atoms. The molecule has 1 fully saturated rings. The van der Waals surface area contributed by atoms with E-state index in [1.54, 1.807) is 45.0 Å². The van der Waals surface area contributed by atoms with Gasteiger partial charge in [0.2, 0.25) is 10.0 Å². The highest BCUT2D eigenvalue weighted by Gasteiger charge is 2.88. The van der Waals surface area contributed by atoms with Crippen LogP contribution in [0.25, 0.3) is 0 Å². The molecule has 3 aromatic rings.